The zero-order chi connectivity index (χ0) is 15.7. The van der Waals surface area contributed by atoms with E-state index in [-0.39, 0.29) is 34.3 Å². The van der Waals surface area contributed by atoms with Crippen LogP contribution in [0.2, 0.25) is 0 Å². The maximum absolute atomic E-state index is 9.70. The van der Waals surface area contributed by atoms with E-state index in [9.17, 15) is 15.3 Å². The first kappa shape index (κ1) is 15.7. The molecule has 116 valence electrons. The van der Waals surface area contributed by atoms with E-state index >= 15 is 0 Å². The Hall–Kier alpha value is -1.14. The zero-order valence-corrected chi connectivity index (χ0v) is 14.6. The number of rotatable bonds is 5. The van der Waals surface area contributed by atoms with E-state index in [1.807, 2.05) is 37.4 Å². The Morgan fingerprint density at radius 1 is 1.05 bits per heavy atom. The fourth-order valence-corrected chi connectivity index (χ4v) is 5.52. The van der Waals surface area contributed by atoms with E-state index in [2.05, 4.69) is 4.57 Å². The van der Waals surface area contributed by atoms with E-state index in [1.54, 1.807) is 11.3 Å². The molecule has 3 aromatic heterocycles. The summed E-state index contributed by atoms with van der Waals surface area (Å²) in [5, 5.41) is 28.2. The van der Waals surface area contributed by atoms with Crippen molar-refractivity contribution in [2.75, 3.05) is 0 Å². The first-order valence-corrected chi connectivity index (χ1v) is 9.40. The first-order chi connectivity index (χ1) is 10.7. The van der Waals surface area contributed by atoms with Crippen LogP contribution >= 0.6 is 11.3 Å². The molecule has 0 atom stereocenters. The van der Waals surface area contributed by atoms with Gasteiger partial charge in [0.1, 0.15) is 0 Å². The summed E-state index contributed by atoms with van der Waals surface area (Å²) in [7, 11) is 2.00. The van der Waals surface area contributed by atoms with Crippen LogP contribution in [0.4, 0.5) is 0 Å². The van der Waals surface area contributed by atoms with Gasteiger partial charge in [-0.05, 0) is 0 Å². The van der Waals surface area contributed by atoms with Crippen molar-refractivity contribution >= 4 is 25.8 Å². The van der Waals surface area contributed by atoms with E-state index in [4.69, 9.17) is 0 Å². The molecule has 3 N–H and O–H groups in total. The van der Waals surface area contributed by atoms with Gasteiger partial charge in [0.15, 0.2) is 0 Å². The minimum atomic E-state index is -0.0106. The first-order valence-electron chi connectivity index (χ1n) is 6.87. The fraction of sp³-hybridized carbons (Fsp3) is 0.250. The average molecular weight is 382 g/mol. The van der Waals surface area contributed by atoms with Crippen LogP contribution in [0.3, 0.4) is 0 Å². The second-order valence-corrected chi connectivity index (χ2v) is 8.59. The second kappa shape index (κ2) is 6.54. The number of hydrogen-bond acceptors (Lipinski definition) is 4. The quantitative estimate of drug-likeness (QED) is 0.591. The van der Waals surface area contributed by atoms with Crippen LogP contribution < -0.4 is 0 Å². The van der Waals surface area contributed by atoms with Crippen molar-refractivity contribution in [3.05, 3.63) is 45.2 Å². The third-order valence-electron chi connectivity index (χ3n) is 3.60. The molecule has 0 saturated heterocycles. The van der Waals surface area contributed by atoms with E-state index in [0.29, 0.717) is 0 Å². The fourth-order valence-electron chi connectivity index (χ4n) is 2.54. The molecule has 0 aliphatic carbocycles. The number of aliphatic hydroxyl groups excluding tert-OH is 3. The number of hydrogen-bond donors (Lipinski definition) is 3. The SMILES string of the molecule is Cn1c(-c2ccc(CO)s2)cc(CO)c1-c1ccc(CO)[se]1. The molecule has 22 heavy (non-hydrogen) atoms. The van der Waals surface area contributed by atoms with Gasteiger partial charge in [-0.3, -0.25) is 0 Å². The third kappa shape index (κ3) is 2.74. The second-order valence-electron chi connectivity index (χ2n) is 4.97. The average Bonchev–Trinajstić information content (AvgIpc) is 3.24. The Bertz CT molecular complexity index is 787. The van der Waals surface area contributed by atoms with Crippen LogP contribution in [0.15, 0.2) is 30.3 Å². The molecule has 0 spiro atoms. The van der Waals surface area contributed by atoms with Gasteiger partial charge in [0.25, 0.3) is 0 Å². The molecule has 4 nitrogen and oxygen atoms in total. The summed E-state index contributed by atoms with van der Waals surface area (Å²) in [5.74, 6) is 0. The summed E-state index contributed by atoms with van der Waals surface area (Å²) >= 11 is 1.67. The molecular formula is C16H17NO3SSe. The van der Waals surface area contributed by atoms with Crippen molar-refractivity contribution in [1.29, 1.82) is 0 Å². The van der Waals surface area contributed by atoms with Gasteiger partial charge >= 0.3 is 139 Å². The molecule has 3 rings (SSSR count). The van der Waals surface area contributed by atoms with Gasteiger partial charge in [-0.1, -0.05) is 0 Å². The van der Waals surface area contributed by atoms with Crippen molar-refractivity contribution in [3.63, 3.8) is 0 Å². The van der Waals surface area contributed by atoms with Gasteiger partial charge in [0.2, 0.25) is 0 Å². The standard InChI is InChI=1S/C16H17NO3SSe/c1-17-13(14-4-2-11(8-19)21-14)6-10(7-18)16(17)15-5-3-12(9-20)22-15/h2-6,18-20H,7-9H2,1H3. The summed E-state index contributed by atoms with van der Waals surface area (Å²) in [4.78, 5) is 2.01. The predicted octanol–water partition coefficient (Wildman–Crippen LogP) is 1.95. The van der Waals surface area contributed by atoms with Gasteiger partial charge in [0, 0.05) is 0 Å². The number of aromatic nitrogens is 1. The maximum atomic E-state index is 9.70. The van der Waals surface area contributed by atoms with Crippen molar-refractivity contribution in [1.82, 2.24) is 4.57 Å². The van der Waals surface area contributed by atoms with Crippen molar-refractivity contribution in [2.45, 2.75) is 19.8 Å². The van der Waals surface area contributed by atoms with E-state index < -0.39 is 0 Å². The summed E-state index contributed by atoms with van der Waals surface area (Å²) < 4.78 is 4.32. The molecule has 0 fully saturated rings. The number of aliphatic hydroxyl groups is 3. The third-order valence-corrected chi connectivity index (χ3v) is 6.95. The molecule has 3 aromatic rings. The summed E-state index contributed by atoms with van der Waals surface area (Å²) in [6, 6.07) is 9.95. The Kier molecular flexibility index (Phi) is 4.68. The molecule has 0 amide bonds. The van der Waals surface area contributed by atoms with E-state index in [1.165, 1.54) is 4.44 Å². The van der Waals surface area contributed by atoms with Crippen LogP contribution in [0.1, 0.15) is 14.9 Å². The molecule has 0 aromatic carbocycles. The molecule has 6 heteroatoms. The molecule has 3 heterocycles. The van der Waals surface area contributed by atoms with Crippen molar-refractivity contribution < 1.29 is 15.3 Å². The summed E-state index contributed by atoms with van der Waals surface area (Å²) in [5.41, 5.74) is 2.98. The van der Waals surface area contributed by atoms with Crippen LogP contribution in [0, 0.1) is 0 Å². The van der Waals surface area contributed by atoms with Gasteiger partial charge in [-0.25, -0.2) is 0 Å². The molecule has 0 unspecified atom stereocenters. The molecule has 0 saturated carbocycles. The van der Waals surface area contributed by atoms with Gasteiger partial charge < -0.3 is 0 Å². The van der Waals surface area contributed by atoms with Crippen molar-refractivity contribution in [3.8, 4) is 20.7 Å². The van der Waals surface area contributed by atoms with Crippen LogP contribution in [-0.4, -0.2) is 34.4 Å². The number of thiophene rings is 1. The van der Waals surface area contributed by atoms with Crippen molar-refractivity contribution in [2.24, 2.45) is 7.05 Å². The Balaban J connectivity index is 2.10. The minimum absolute atomic E-state index is 0.0106. The van der Waals surface area contributed by atoms with Crippen LogP contribution in [0.25, 0.3) is 20.7 Å². The molecule has 0 bridgehead atoms. The predicted molar refractivity (Wildman–Crippen MR) is 88.9 cm³/mol. The van der Waals surface area contributed by atoms with Gasteiger partial charge in [-0.15, -0.1) is 0 Å². The molecule has 0 radical (unpaired) electrons. The topological polar surface area (TPSA) is 65.6 Å². The Morgan fingerprint density at radius 2 is 1.86 bits per heavy atom. The molecule has 0 aliphatic heterocycles. The van der Waals surface area contributed by atoms with Crippen LogP contribution in [-0.2, 0) is 26.9 Å². The van der Waals surface area contributed by atoms with Gasteiger partial charge in [-0.2, -0.15) is 0 Å². The molecular weight excluding hydrogens is 365 g/mol. The van der Waals surface area contributed by atoms with Gasteiger partial charge in [0.05, 0.1) is 0 Å². The Morgan fingerprint density at radius 3 is 2.45 bits per heavy atom. The summed E-state index contributed by atoms with van der Waals surface area (Å²) in [6.07, 6.45) is 0. The van der Waals surface area contributed by atoms with Crippen LogP contribution in [0.5, 0.6) is 0 Å². The zero-order valence-electron chi connectivity index (χ0n) is 12.1. The molecule has 0 aliphatic rings. The summed E-state index contributed by atoms with van der Waals surface area (Å²) in [6.45, 7) is 0.132. The normalized spacial score (nSPS) is 11.3. The monoisotopic (exact) mass is 383 g/mol. The Labute approximate surface area is 138 Å². The van der Waals surface area contributed by atoms with E-state index in [0.717, 1.165) is 31.1 Å². The number of nitrogens with zero attached hydrogens (tertiary/aromatic N) is 1.